The Kier molecular flexibility index (Phi) is 3.14. The van der Waals surface area contributed by atoms with E-state index in [0.29, 0.717) is 12.6 Å². The summed E-state index contributed by atoms with van der Waals surface area (Å²) in [5.74, 6) is -3.07. The van der Waals surface area contributed by atoms with Crippen molar-refractivity contribution in [3.8, 4) is 0 Å². The van der Waals surface area contributed by atoms with Crippen molar-refractivity contribution in [2.75, 3.05) is 0 Å². The molecular formula is C11H10F3N3. The minimum absolute atomic E-state index is 0.0308. The van der Waals surface area contributed by atoms with Crippen LogP contribution in [-0.4, -0.2) is 9.78 Å². The summed E-state index contributed by atoms with van der Waals surface area (Å²) in [6, 6.07) is 1.35. The Bertz CT molecular complexity index is 537. The Morgan fingerprint density at radius 2 is 1.82 bits per heavy atom. The molecule has 0 aliphatic heterocycles. The Morgan fingerprint density at radius 3 is 2.47 bits per heavy atom. The van der Waals surface area contributed by atoms with Crippen molar-refractivity contribution in [3.05, 3.63) is 53.1 Å². The fourth-order valence-corrected chi connectivity index (χ4v) is 1.46. The Balaban J connectivity index is 2.26. The van der Waals surface area contributed by atoms with E-state index in [0.717, 1.165) is 11.6 Å². The van der Waals surface area contributed by atoms with Gasteiger partial charge in [-0.3, -0.25) is 4.68 Å². The van der Waals surface area contributed by atoms with Crippen LogP contribution in [0.5, 0.6) is 0 Å². The lowest BCUT2D eigenvalue weighted by atomic mass is 10.2. The molecule has 1 heterocycles. The molecule has 3 nitrogen and oxygen atoms in total. The maximum absolute atomic E-state index is 13.3. The topological polar surface area (TPSA) is 43.8 Å². The molecule has 2 aromatic rings. The van der Waals surface area contributed by atoms with E-state index in [-0.39, 0.29) is 12.1 Å². The molecule has 17 heavy (non-hydrogen) atoms. The van der Waals surface area contributed by atoms with Crippen LogP contribution < -0.4 is 5.73 Å². The normalized spacial score (nSPS) is 10.8. The third-order valence-electron chi connectivity index (χ3n) is 2.34. The lowest BCUT2D eigenvalue weighted by Gasteiger charge is -2.04. The van der Waals surface area contributed by atoms with Crippen molar-refractivity contribution >= 4 is 0 Å². The molecule has 0 unspecified atom stereocenters. The number of hydrogen-bond donors (Lipinski definition) is 1. The second-order valence-electron chi connectivity index (χ2n) is 3.61. The van der Waals surface area contributed by atoms with Crippen molar-refractivity contribution in [2.24, 2.45) is 5.73 Å². The second-order valence-corrected chi connectivity index (χ2v) is 3.61. The van der Waals surface area contributed by atoms with Crippen molar-refractivity contribution in [3.63, 3.8) is 0 Å². The molecule has 2 N–H and O–H groups in total. The third kappa shape index (κ3) is 2.47. The highest BCUT2D eigenvalue weighted by atomic mass is 19.2. The van der Waals surface area contributed by atoms with Crippen molar-refractivity contribution in [1.29, 1.82) is 0 Å². The molecule has 90 valence electrons. The number of hydrogen-bond acceptors (Lipinski definition) is 2. The van der Waals surface area contributed by atoms with Crippen molar-refractivity contribution in [2.45, 2.75) is 13.1 Å². The summed E-state index contributed by atoms with van der Waals surface area (Å²) in [6.07, 6.45) is 3.17. The zero-order valence-electron chi connectivity index (χ0n) is 8.83. The van der Waals surface area contributed by atoms with E-state index in [1.807, 2.05) is 0 Å². The number of rotatable bonds is 3. The average Bonchev–Trinajstić information content (AvgIpc) is 2.73. The standard InChI is InChI=1S/C11H10F3N3/c12-9-2-11(14)10(13)1-8(9)6-17-5-7(3-15)4-16-17/h1-2,4-5H,3,6,15H2. The van der Waals surface area contributed by atoms with E-state index in [1.165, 1.54) is 10.9 Å². The summed E-state index contributed by atoms with van der Waals surface area (Å²) >= 11 is 0. The average molecular weight is 241 g/mol. The van der Waals surface area contributed by atoms with Gasteiger partial charge in [-0.05, 0) is 6.07 Å². The van der Waals surface area contributed by atoms with E-state index >= 15 is 0 Å². The van der Waals surface area contributed by atoms with Gasteiger partial charge >= 0.3 is 0 Å². The first-order chi connectivity index (χ1) is 8.10. The minimum atomic E-state index is -1.20. The van der Waals surface area contributed by atoms with Crippen LogP contribution in [0.1, 0.15) is 11.1 Å². The highest BCUT2D eigenvalue weighted by molar-refractivity contribution is 5.20. The molecule has 0 saturated heterocycles. The largest absolute Gasteiger partial charge is 0.326 e. The first kappa shape index (κ1) is 11.7. The molecule has 6 heteroatoms. The predicted molar refractivity (Wildman–Crippen MR) is 55.5 cm³/mol. The molecule has 1 aromatic carbocycles. The van der Waals surface area contributed by atoms with Crippen LogP contribution in [0.4, 0.5) is 13.2 Å². The Morgan fingerprint density at radius 1 is 1.12 bits per heavy atom. The zero-order chi connectivity index (χ0) is 12.4. The Labute approximate surface area is 95.7 Å². The van der Waals surface area contributed by atoms with Gasteiger partial charge in [0, 0.05) is 29.9 Å². The lowest BCUT2D eigenvalue weighted by molar-refractivity contribution is 0.486. The van der Waals surface area contributed by atoms with Crippen LogP contribution in [0.25, 0.3) is 0 Å². The molecule has 0 fully saturated rings. The molecule has 0 atom stereocenters. The van der Waals surface area contributed by atoms with Gasteiger partial charge in [0.1, 0.15) is 5.82 Å². The van der Waals surface area contributed by atoms with Crippen LogP contribution in [0.15, 0.2) is 24.5 Å². The molecule has 0 radical (unpaired) electrons. The molecule has 0 amide bonds. The monoisotopic (exact) mass is 241 g/mol. The van der Waals surface area contributed by atoms with Gasteiger partial charge in [0.2, 0.25) is 0 Å². The summed E-state index contributed by atoms with van der Waals surface area (Å²) in [6.45, 7) is 0.350. The zero-order valence-corrected chi connectivity index (χ0v) is 8.83. The Hall–Kier alpha value is -1.82. The van der Waals surface area contributed by atoms with Crippen LogP contribution in [0.2, 0.25) is 0 Å². The van der Waals surface area contributed by atoms with E-state index in [9.17, 15) is 13.2 Å². The molecule has 1 aromatic heterocycles. The SMILES string of the molecule is NCc1cnn(Cc2cc(F)c(F)cc2F)c1. The van der Waals surface area contributed by atoms with Crippen molar-refractivity contribution in [1.82, 2.24) is 9.78 Å². The molecule has 0 aliphatic carbocycles. The number of nitrogens with zero attached hydrogens (tertiary/aromatic N) is 2. The summed E-state index contributed by atoms with van der Waals surface area (Å²) in [7, 11) is 0. The van der Waals surface area contributed by atoms with E-state index in [1.54, 1.807) is 6.20 Å². The fraction of sp³-hybridized carbons (Fsp3) is 0.182. The highest BCUT2D eigenvalue weighted by Crippen LogP contribution is 2.14. The number of nitrogens with two attached hydrogens (primary N) is 1. The van der Waals surface area contributed by atoms with Gasteiger partial charge in [-0.25, -0.2) is 13.2 Å². The smallest absolute Gasteiger partial charge is 0.161 e. The fourth-order valence-electron chi connectivity index (χ4n) is 1.46. The first-order valence-corrected chi connectivity index (χ1v) is 4.95. The lowest BCUT2D eigenvalue weighted by Crippen LogP contribution is -2.04. The van der Waals surface area contributed by atoms with Gasteiger partial charge in [0.15, 0.2) is 11.6 Å². The van der Waals surface area contributed by atoms with Gasteiger partial charge in [0.05, 0.1) is 12.7 Å². The van der Waals surface area contributed by atoms with E-state index < -0.39 is 17.5 Å². The van der Waals surface area contributed by atoms with Crippen LogP contribution >= 0.6 is 0 Å². The minimum Gasteiger partial charge on any atom is -0.326 e. The maximum atomic E-state index is 13.3. The summed E-state index contributed by atoms with van der Waals surface area (Å²) in [5.41, 5.74) is 6.22. The van der Waals surface area contributed by atoms with E-state index in [4.69, 9.17) is 5.73 Å². The van der Waals surface area contributed by atoms with Gasteiger partial charge in [0.25, 0.3) is 0 Å². The van der Waals surface area contributed by atoms with Crippen LogP contribution in [0.3, 0.4) is 0 Å². The molecule has 0 bridgehead atoms. The molecule has 0 aliphatic rings. The number of halogens is 3. The number of benzene rings is 1. The maximum Gasteiger partial charge on any atom is 0.161 e. The summed E-state index contributed by atoms with van der Waals surface area (Å²) in [4.78, 5) is 0. The third-order valence-corrected chi connectivity index (χ3v) is 2.34. The summed E-state index contributed by atoms with van der Waals surface area (Å²) < 4.78 is 40.4. The molecule has 0 saturated carbocycles. The van der Waals surface area contributed by atoms with Crippen LogP contribution in [0, 0.1) is 17.5 Å². The van der Waals surface area contributed by atoms with Gasteiger partial charge in [-0.2, -0.15) is 5.10 Å². The molecular weight excluding hydrogens is 231 g/mol. The highest BCUT2D eigenvalue weighted by Gasteiger charge is 2.10. The molecule has 0 spiro atoms. The van der Waals surface area contributed by atoms with Crippen LogP contribution in [-0.2, 0) is 13.1 Å². The van der Waals surface area contributed by atoms with Gasteiger partial charge < -0.3 is 5.73 Å². The van der Waals surface area contributed by atoms with Gasteiger partial charge in [-0.15, -0.1) is 0 Å². The van der Waals surface area contributed by atoms with Crippen molar-refractivity contribution < 1.29 is 13.2 Å². The van der Waals surface area contributed by atoms with Gasteiger partial charge in [-0.1, -0.05) is 0 Å². The quantitative estimate of drug-likeness (QED) is 0.833. The van der Waals surface area contributed by atoms with E-state index in [2.05, 4.69) is 5.10 Å². The first-order valence-electron chi connectivity index (χ1n) is 4.95. The predicted octanol–water partition coefficient (Wildman–Crippen LogP) is 1.81. The summed E-state index contributed by atoms with van der Waals surface area (Å²) in [5, 5.41) is 3.93. The second kappa shape index (κ2) is 4.58. The molecule has 2 rings (SSSR count). The number of aromatic nitrogens is 2.